The summed E-state index contributed by atoms with van der Waals surface area (Å²) in [6.45, 7) is 2.00. The molecule has 3 aromatic carbocycles. The van der Waals surface area contributed by atoms with Gasteiger partial charge in [0, 0.05) is 15.1 Å². The molecule has 0 aromatic heterocycles. The molecular weight excluding hydrogens is 492 g/mol. The minimum absolute atomic E-state index is 0.228. The molecule has 1 aliphatic rings. The van der Waals surface area contributed by atoms with Crippen LogP contribution in [0.4, 0.5) is 5.69 Å². The van der Waals surface area contributed by atoms with E-state index in [9.17, 15) is 4.79 Å². The zero-order valence-corrected chi connectivity index (χ0v) is 20.1. The second-order valence-corrected chi connectivity index (χ2v) is 8.47. The molecule has 0 saturated carbocycles. The van der Waals surface area contributed by atoms with Gasteiger partial charge in [-0.3, -0.25) is 9.69 Å². The molecule has 1 aliphatic heterocycles. The Morgan fingerprint density at radius 2 is 1.69 bits per heavy atom. The Balaban J connectivity index is 1.83. The van der Waals surface area contributed by atoms with Crippen LogP contribution in [0.1, 0.15) is 16.7 Å². The van der Waals surface area contributed by atoms with Crippen molar-refractivity contribution >= 4 is 51.0 Å². The SMILES string of the molecule is COc1ccc(/C=C2\N=C(c3ccc(Cl)cc3)N(c3ccc(C)cc3Br)C2=O)cc1OC. The maximum atomic E-state index is 13.5. The molecule has 0 radical (unpaired) electrons. The third-order valence-electron chi connectivity index (χ3n) is 5.02. The fourth-order valence-electron chi connectivity index (χ4n) is 3.43. The highest BCUT2D eigenvalue weighted by atomic mass is 79.9. The predicted octanol–water partition coefficient (Wildman–Crippen LogP) is 6.26. The topological polar surface area (TPSA) is 51.1 Å². The number of anilines is 1. The van der Waals surface area contributed by atoms with E-state index in [2.05, 4.69) is 15.9 Å². The third kappa shape index (κ3) is 4.29. The monoisotopic (exact) mass is 510 g/mol. The van der Waals surface area contributed by atoms with Gasteiger partial charge in [-0.15, -0.1) is 0 Å². The number of aliphatic imine (C=N–C) groups is 1. The Hall–Kier alpha value is -3.09. The van der Waals surface area contributed by atoms with Crippen LogP contribution in [0.3, 0.4) is 0 Å². The van der Waals surface area contributed by atoms with Gasteiger partial charge in [0.25, 0.3) is 5.91 Å². The zero-order valence-electron chi connectivity index (χ0n) is 17.7. The van der Waals surface area contributed by atoms with Gasteiger partial charge in [-0.2, -0.15) is 0 Å². The second kappa shape index (κ2) is 9.18. The van der Waals surface area contributed by atoms with E-state index in [-0.39, 0.29) is 5.91 Å². The number of rotatable bonds is 5. The van der Waals surface area contributed by atoms with Gasteiger partial charge in [0.05, 0.1) is 19.9 Å². The molecule has 3 aromatic rings. The number of halogens is 2. The summed E-state index contributed by atoms with van der Waals surface area (Å²) in [5.74, 6) is 1.49. The van der Waals surface area contributed by atoms with Crippen molar-refractivity contribution in [1.82, 2.24) is 0 Å². The Kier molecular flexibility index (Phi) is 6.35. The van der Waals surface area contributed by atoms with E-state index < -0.39 is 0 Å². The number of benzene rings is 3. The fraction of sp³-hybridized carbons (Fsp3) is 0.120. The molecule has 0 fully saturated rings. The maximum absolute atomic E-state index is 13.5. The third-order valence-corrected chi connectivity index (χ3v) is 5.90. The average Bonchev–Trinajstić information content (AvgIpc) is 3.10. The Morgan fingerprint density at radius 1 is 0.969 bits per heavy atom. The minimum atomic E-state index is -0.228. The average molecular weight is 512 g/mol. The lowest BCUT2D eigenvalue weighted by atomic mass is 10.1. The van der Waals surface area contributed by atoms with Gasteiger partial charge in [0.2, 0.25) is 0 Å². The van der Waals surface area contributed by atoms with Crippen molar-refractivity contribution in [3.63, 3.8) is 0 Å². The highest BCUT2D eigenvalue weighted by Gasteiger charge is 2.33. The van der Waals surface area contributed by atoms with Gasteiger partial charge in [-0.05, 0) is 88.6 Å². The van der Waals surface area contributed by atoms with Gasteiger partial charge < -0.3 is 9.47 Å². The van der Waals surface area contributed by atoms with Gasteiger partial charge in [0.15, 0.2) is 11.5 Å². The van der Waals surface area contributed by atoms with Crippen LogP contribution in [0, 0.1) is 6.92 Å². The molecule has 0 saturated heterocycles. The first-order valence-corrected chi connectivity index (χ1v) is 11.0. The normalized spacial score (nSPS) is 14.7. The van der Waals surface area contributed by atoms with E-state index in [0.717, 1.165) is 21.2 Å². The molecule has 0 N–H and O–H groups in total. The predicted molar refractivity (Wildman–Crippen MR) is 132 cm³/mol. The van der Waals surface area contributed by atoms with Crippen LogP contribution in [0.5, 0.6) is 11.5 Å². The lowest BCUT2D eigenvalue weighted by Crippen LogP contribution is -2.33. The molecule has 0 spiro atoms. The first-order valence-electron chi connectivity index (χ1n) is 9.80. The molecule has 0 aliphatic carbocycles. The van der Waals surface area contributed by atoms with E-state index in [1.54, 1.807) is 49.5 Å². The minimum Gasteiger partial charge on any atom is -0.493 e. The molecular formula is C25H20BrClN2O3. The highest BCUT2D eigenvalue weighted by Crippen LogP contribution is 2.35. The van der Waals surface area contributed by atoms with E-state index in [1.807, 2.05) is 43.3 Å². The number of hydrogen-bond acceptors (Lipinski definition) is 4. The molecule has 5 nitrogen and oxygen atoms in total. The number of hydrogen-bond donors (Lipinski definition) is 0. The first-order chi connectivity index (χ1) is 15.4. The van der Waals surface area contributed by atoms with Crippen LogP contribution < -0.4 is 14.4 Å². The van der Waals surface area contributed by atoms with Crippen molar-refractivity contribution in [3.05, 3.63) is 92.5 Å². The number of carbonyl (C=O) groups is 1. The van der Waals surface area contributed by atoms with E-state index in [0.29, 0.717) is 33.7 Å². The summed E-state index contributed by atoms with van der Waals surface area (Å²) in [5.41, 5.74) is 3.67. The molecule has 32 heavy (non-hydrogen) atoms. The van der Waals surface area contributed by atoms with Gasteiger partial charge >= 0.3 is 0 Å². The smallest absolute Gasteiger partial charge is 0.282 e. The first kappa shape index (κ1) is 22.1. The van der Waals surface area contributed by atoms with Crippen LogP contribution >= 0.6 is 27.5 Å². The lowest BCUT2D eigenvalue weighted by Gasteiger charge is -2.20. The highest BCUT2D eigenvalue weighted by molar-refractivity contribution is 9.10. The van der Waals surface area contributed by atoms with Crippen LogP contribution in [0.15, 0.2) is 75.8 Å². The molecule has 4 rings (SSSR count). The van der Waals surface area contributed by atoms with E-state index in [1.165, 1.54) is 0 Å². The van der Waals surface area contributed by atoms with Crippen LogP contribution in [0.25, 0.3) is 6.08 Å². The summed E-state index contributed by atoms with van der Waals surface area (Å²) in [4.78, 5) is 19.8. The van der Waals surface area contributed by atoms with Crippen molar-refractivity contribution in [1.29, 1.82) is 0 Å². The quantitative estimate of drug-likeness (QED) is 0.380. The Labute approximate surface area is 200 Å². The standard InChI is InChI=1S/C25H20BrClN2O3/c1-15-4-10-21(19(26)12-15)29-24(17-6-8-18(27)9-7-17)28-20(25(29)30)13-16-5-11-22(31-2)23(14-16)32-3/h4-14H,1-3H3/b20-13-. The van der Waals surface area contributed by atoms with Crippen molar-refractivity contribution in [3.8, 4) is 11.5 Å². The number of carbonyl (C=O) groups excluding carboxylic acids is 1. The fourth-order valence-corrected chi connectivity index (χ4v) is 4.22. The largest absolute Gasteiger partial charge is 0.493 e. The van der Waals surface area contributed by atoms with Crippen molar-refractivity contribution < 1.29 is 14.3 Å². The van der Waals surface area contributed by atoms with Crippen LogP contribution in [-0.4, -0.2) is 26.0 Å². The van der Waals surface area contributed by atoms with Crippen molar-refractivity contribution in [2.45, 2.75) is 6.92 Å². The lowest BCUT2D eigenvalue weighted by molar-refractivity contribution is -0.113. The van der Waals surface area contributed by atoms with Crippen LogP contribution in [-0.2, 0) is 4.79 Å². The van der Waals surface area contributed by atoms with E-state index >= 15 is 0 Å². The van der Waals surface area contributed by atoms with Crippen molar-refractivity contribution in [2.24, 2.45) is 4.99 Å². The summed E-state index contributed by atoms with van der Waals surface area (Å²) < 4.78 is 11.5. The Bertz CT molecular complexity index is 1250. The Morgan fingerprint density at radius 3 is 2.34 bits per heavy atom. The summed E-state index contributed by atoms with van der Waals surface area (Å²) in [5, 5.41) is 0.614. The second-order valence-electron chi connectivity index (χ2n) is 7.18. The van der Waals surface area contributed by atoms with Gasteiger partial charge in [-0.1, -0.05) is 23.7 Å². The number of ether oxygens (including phenoxy) is 2. The molecule has 0 bridgehead atoms. The number of amidine groups is 1. The van der Waals surface area contributed by atoms with Crippen molar-refractivity contribution in [2.75, 3.05) is 19.1 Å². The zero-order chi connectivity index (χ0) is 22.8. The maximum Gasteiger partial charge on any atom is 0.282 e. The summed E-state index contributed by atoms with van der Waals surface area (Å²) in [6, 6.07) is 18.5. The summed E-state index contributed by atoms with van der Waals surface area (Å²) in [7, 11) is 3.15. The van der Waals surface area contributed by atoms with Gasteiger partial charge in [0.1, 0.15) is 11.5 Å². The van der Waals surface area contributed by atoms with Gasteiger partial charge in [-0.25, -0.2) is 4.99 Å². The molecule has 0 unspecified atom stereocenters. The van der Waals surface area contributed by atoms with E-state index in [4.69, 9.17) is 26.1 Å². The molecule has 162 valence electrons. The number of aryl methyl sites for hydroxylation is 1. The molecule has 0 atom stereocenters. The summed E-state index contributed by atoms with van der Waals surface area (Å²) in [6.07, 6.45) is 1.74. The summed E-state index contributed by atoms with van der Waals surface area (Å²) >= 11 is 9.67. The van der Waals surface area contributed by atoms with Crippen LogP contribution in [0.2, 0.25) is 5.02 Å². The molecule has 7 heteroatoms. The number of amides is 1. The number of nitrogens with zero attached hydrogens (tertiary/aromatic N) is 2. The molecule has 1 amide bonds. The number of methoxy groups -OCH3 is 2. The molecule has 1 heterocycles.